The Morgan fingerprint density at radius 1 is 1.36 bits per heavy atom. The fraction of sp³-hybridized carbons (Fsp3) is 0.556. The zero-order valence-corrected chi connectivity index (χ0v) is 15.3. The van der Waals surface area contributed by atoms with E-state index < -0.39 is 5.97 Å². The fourth-order valence-electron chi connectivity index (χ4n) is 3.01. The van der Waals surface area contributed by atoms with Crippen molar-refractivity contribution in [1.82, 2.24) is 19.7 Å². The lowest BCUT2D eigenvalue weighted by Crippen LogP contribution is -2.32. The van der Waals surface area contributed by atoms with Gasteiger partial charge in [-0.05, 0) is 46.6 Å². The molecule has 3 rings (SSSR count). The average molecular weight is 344 g/mol. The monoisotopic (exact) mass is 344 g/mol. The van der Waals surface area contributed by atoms with E-state index in [1.165, 1.54) is 11.9 Å². The normalized spacial score (nSPS) is 14.8. The summed E-state index contributed by atoms with van der Waals surface area (Å²) in [6.07, 6.45) is 2.14. The second kappa shape index (κ2) is 5.82. The van der Waals surface area contributed by atoms with Crippen molar-refractivity contribution < 1.29 is 14.7 Å². The van der Waals surface area contributed by atoms with Gasteiger partial charge in [0.1, 0.15) is 6.54 Å². The fourth-order valence-corrected chi connectivity index (χ4v) is 3.01. The first-order valence-corrected chi connectivity index (χ1v) is 8.47. The summed E-state index contributed by atoms with van der Waals surface area (Å²) in [7, 11) is 1.50. The highest BCUT2D eigenvalue weighted by Gasteiger charge is 2.31. The zero-order chi connectivity index (χ0) is 18.5. The Morgan fingerprint density at radius 2 is 2.00 bits per heavy atom. The van der Waals surface area contributed by atoms with Gasteiger partial charge >= 0.3 is 5.97 Å². The molecule has 0 atom stereocenters. The van der Waals surface area contributed by atoms with E-state index in [2.05, 4.69) is 5.10 Å². The van der Waals surface area contributed by atoms with E-state index in [-0.39, 0.29) is 18.0 Å². The maximum Gasteiger partial charge on any atom is 0.323 e. The molecule has 2 aromatic rings. The van der Waals surface area contributed by atoms with Crippen LogP contribution in [0.25, 0.3) is 11.0 Å². The molecule has 1 amide bonds. The Bertz CT molecular complexity index is 859. The first-order chi connectivity index (χ1) is 11.6. The molecular formula is C18H24N4O3. The van der Waals surface area contributed by atoms with Crippen LogP contribution < -0.4 is 0 Å². The molecule has 134 valence electrons. The number of carbonyl (C=O) groups is 2. The maximum absolute atomic E-state index is 12.9. The number of fused-ring (bicyclic) bond motifs is 1. The van der Waals surface area contributed by atoms with Crippen LogP contribution in [0.3, 0.4) is 0 Å². The molecule has 1 fully saturated rings. The summed E-state index contributed by atoms with van der Waals surface area (Å²) in [6.45, 7) is 7.65. The van der Waals surface area contributed by atoms with Gasteiger partial charge in [0.25, 0.3) is 5.91 Å². The molecular weight excluding hydrogens is 320 g/mol. The molecule has 0 aliphatic heterocycles. The standard InChI is InChI=1S/C18H24N4O3/c1-10-15-12(17(25)21(5)9-14(23)24)8-13(11-6-7-11)19-16(15)22(20-10)18(2,3)4/h8,11H,6-7,9H2,1-5H3,(H,23,24). The van der Waals surface area contributed by atoms with Crippen molar-refractivity contribution in [2.24, 2.45) is 0 Å². The van der Waals surface area contributed by atoms with Crippen LogP contribution >= 0.6 is 0 Å². The van der Waals surface area contributed by atoms with E-state index >= 15 is 0 Å². The van der Waals surface area contributed by atoms with Crippen LogP contribution in [0.2, 0.25) is 0 Å². The van der Waals surface area contributed by atoms with Gasteiger partial charge in [-0.3, -0.25) is 9.59 Å². The molecule has 25 heavy (non-hydrogen) atoms. The molecule has 0 unspecified atom stereocenters. The highest BCUT2D eigenvalue weighted by molar-refractivity contribution is 6.07. The van der Waals surface area contributed by atoms with E-state index in [1.807, 2.05) is 38.4 Å². The number of aryl methyl sites for hydroxylation is 1. The summed E-state index contributed by atoms with van der Waals surface area (Å²) in [5, 5.41) is 14.3. The molecule has 7 nitrogen and oxygen atoms in total. The van der Waals surface area contributed by atoms with Crippen molar-refractivity contribution in [3.63, 3.8) is 0 Å². The van der Waals surface area contributed by atoms with E-state index in [4.69, 9.17) is 10.1 Å². The van der Waals surface area contributed by atoms with Crippen LogP contribution in [0, 0.1) is 6.92 Å². The summed E-state index contributed by atoms with van der Waals surface area (Å²) in [4.78, 5) is 29.9. The van der Waals surface area contributed by atoms with Gasteiger partial charge in [-0.15, -0.1) is 0 Å². The Morgan fingerprint density at radius 3 is 2.52 bits per heavy atom. The van der Waals surface area contributed by atoms with Crippen LogP contribution in [0.1, 0.15) is 61.3 Å². The average Bonchev–Trinajstić information content (AvgIpc) is 3.28. The molecule has 0 spiro atoms. The molecule has 1 aliphatic carbocycles. The SMILES string of the molecule is Cc1nn(C(C)(C)C)c2nc(C3CC3)cc(C(=O)N(C)CC(=O)O)c12. The Balaban J connectivity index is 2.21. The van der Waals surface area contributed by atoms with Crippen LogP contribution in [0.15, 0.2) is 6.07 Å². The second-order valence-electron chi connectivity index (χ2n) is 7.79. The number of aromatic nitrogens is 3. The summed E-state index contributed by atoms with van der Waals surface area (Å²) < 4.78 is 1.86. The predicted octanol–water partition coefficient (Wildman–Crippen LogP) is 2.53. The van der Waals surface area contributed by atoms with Crippen LogP contribution in [0.5, 0.6) is 0 Å². The Labute approximate surface area is 146 Å². The molecule has 0 bridgehead atoms. The summed E-state index contributed by atoms with van der Waals surface area (Å²) in [6, 6.07) is 1.82. The Kier molecular flexibility index (Phi) is 4.05. The molecule has 0 saturated heterocycles. The number of carbonyl (C=O) groups excluding carboxylic acids is 1. The van der Waals surface area contributed by atoms with Gasteiger partial charge in [0.15, 0.2) is 5.65 Å². The molecule has 0 aromatic carbocycles. The third-order valence-electron chi connectivity index (χ3n) is 4.41. The van der Waals surface area contributed by atoms with Crippen LogP contribution in [0.4, 0.5) is 0 Å². The minimum Gasteiger partial charge on any atom is -0.480 e. The number of rotatable bonds is 4. The van der Waals surface area contributed by atoms with Crippen LogP contribution in [-0.4, -0.2) is 50.2 Å². The number of nitrogens with zero attached hydrogens (tertiary/aromatic N) is 4. The Hall–Kier alpha value is -2.44. The lowest BCUT2D eigenvalue weighted by Gasteiger charge is -2.20. The van der Waals surface area contributed by atoms with Crippen molar-refractivity contribution in [2.75, 3.05) is 13.6 Å². The smallest absolute Gasteiger partial charge is 0.323 e. The largest absolute Gasteiger partial charge is 0.480 e. The maximum atomic E-state index is 12.9. The predicted molar refractivity (Wildman–Crippen MR) is 93.8 cm³/mol. The van der Waals surface area contributed by atoms with Gasteiger partial charge in [-0.2, -0.15) is 5.10 Å². The van der Waals surface area contributed by atoms with Crippen molar-refractivity contribution in [3.8, 4) is 0 Å². The molecule has 7 heteroatoms. The van der Waals surface area contributed by atoms with Gasteiger partial charge in [-0.25, -0.2) is 9.67 Å². The number of likely N-dealkylation sites (N-methyl/N-ethyl adjacent to an activating group) is 1. The number of amides is 1. The minimum atomic E-state index is -1.04. The first-order valence-electron chi connectivity index (χ1n) is 8.47. The molecule has 1 saturated carbocycles. The topological polar surface area (TPSA) is 88.3 Å². The molecule has 2 aromatic heterocycles. The van der Waals surface area contributed by atoms with Gasteiger partial charge in [-0.1, -0.05) is 0 Å². The molecule has 1 N–H and O–H groups in total. The van der Waals surface area contributed by atoms with E-state index in [1.54, 1.807) is 0 Å². The van der Waals surface area contributed by atoms with Crippen molar-refractivity contribution in [3.05, 3.63) is 23.0 Å². The minimum absolute atomic E-state index is 0.269. The summed E-state index contributed by atoms with van der Waals surface area (Å²) in [5.74, 6) is -0.969. The number of pyridine rings is 1. The third-order valence-corrected chi connectivity index (χ3v) is 4.41. The lowest BCUT2D eigenvalue weighted by molar-refractivity contribution is -0.137. The lowest BCUT2D eigenvalue weighted by atomic mass is 10.1. The first kappa shape index (κ1) is 17.4. The quantitative estimate of drug-likeness (QED) is 0.921. The molecule has 0 radical (unpaired) electrons. The van der Waals surface area contributed by atoms with E-state index in [0.717, 1.165) is 24.2 Å². The highest BCUT2D eigenvalue weighted by atomic mass is 16.4. The van der Waals surface area contributed by atoms with Crippen molar-refractivity contribution in [1.29, 1.82) is 0 Å². The van der Waals surface area contributed by atoms with Gasteiger partial charge < -0.3 is 10.0 Å². The van der Waals surface area contributed by atoms with Crippen LogP contribution in [-0.2, 0) is 10.3 Å². The summed E-state index contributed by atoms with van der Waals surface area (Å²) in [5.41, 5.74) is 2.54. The zero-order valence-electron chi connectivity index (χ0n) is 15.3. The van der Waals surface area contributed by atoms with Crippen molar-refractivity contribution >= 4 is 22.9 Å². The second-order valence-corrected chi connectivity index (χ2v) is 7.79. The van der Waals surface area contributed by atoms with Gasteiger partial charge in [0.05, 0.1) is 22.2 Å². The van der Waals surface area contributed by atoms with Crippen molar-refractivity contribution in [2.45, 2.75) is 52.0 Å². The van der Waals surface area contributed by atoms with Gasteiger partial charge in [0, 0.05) is 18.7 Å². The molecule has 1 aliphatic rings. The van der Waals surface area contributed by atoms with Gasteiger partial charge in [0.2, 0.25) is 0 Å². The number of hydrogen-bond acceptors (Lipinski definition) is 4. The van der Waals surface area contributed by atoms with E-state index in [9.17, 15) is 9.59 Å². The summed E-state index contributed by atoms with van der Waals surface area (Å²) >= 11 is 0. The molecule has 2 heterocycles. The number of aliphatic carboxylic acids is 1. The third kappa shape index (κ3) is 3.23. The van der Waals surface area contributed by atoms with E-state index in [0.29, 0.717) is 22.5 Å². The number of hydrogen-bond donors (Lipinski definition) is 1. The highest BCUT2D eigenvalue weighted by Crippen LogP contribution is 2.41. The number of carboxylic acid groups (broad SMARTS) is 1. The number of carboxylic acids is 1.